The number of amides is 1. The number of aromatic nitrogens is 2. The van der Waals surface area contributed by atoms with Gasteiger partial charge in [0.15, 0.2) is 0 Å². The number of hydrogen-bond donors (Lipinski definition) is 2. The van der Waals surface area contributed by atoms with Crippen LogP contribution in [0, 0.1) is 0 Å². The third-order valence-electron chi connectivity index (χ3n) is 2.55. The van der Waals surface area contributed by atoms with Crippen LogP contribution in [-0.4, -0.2) is 30.0 Å². The van der Waals surface area contributed by atoms with Crippen LogP contribution in [0.4, 0.5) is 11.5 Å². The van der Waals surface area contributed by atoms with E-state index in [1.54, 1.807) is 32.4 Å². The predicted molar refractivity (Wildman–Crippen MR) is 80.2 cm³/mol. The highest BCUT2D eigenvalue weighted by Gasteiger charge is 2.09. The second-order valence-corrected chi connectivity index (χ2v) is 4.69. The second-order valence-electron chi connectivity index (χ2n) is 3.84. The molecule has 0 atom stereocenters. The van der Waals surface area contributed by atoms with Gasteiger partial charge in [0.25, 0.3) is 5.91 Å². The second kappa shape index (κ2) is 6.33. The van der Waals surface area contributed by atoms with Crippen molar-refractivity contribution in [3.63, 3.8) is 0 Å². The molecule has 0 aliphatic rings. The molecule has 20 heavy (non-hydrogen) atoms. The van der Waals surface area contributed by atoms with Crippen LogP contribution in [0.1, 0.15) is 10.5 Å². The van der Waals surface area contributed by atoms with E-state index in [1.807, 2.05) is 0 Å². The van der Waals surface area contributed by atoms with Crippen LogP contribution >= 0.6 is 15.9 Å². The minimum Gasteiger partial charge on any atom is -0.495 e. The minimum absolute atomic E-state index is 0.242. The molecule has 0 aliphatic carbocycles. The van der Waals surface area contributed by atoms with Gasteiger partial charge in [-0.05, 0) is 28.1 Å². The van der Waals surface area contributed by atoms with Crippen LogP contribution in [0.25, 0.3) is 0 Å². The molecule has 104 valence electrons. The van der Waals surface area contributed by atoms with Gasteiger partial charge in [0.1, 0.15) is 17.3 Å². The van der Waals surface area contributed by atoms with E-state index in [4.69, 9.17) is 4.74 Å². The monoisotopic (exact) mass is 336 g/mol. The highest BCUT2D eigenvalue weighted by atomic mass is 79.9. The van der Waals surface area contributed by atoms with E-state index in [1.165, 1.54) is 12.4 Å². The maximum Gasteiger partial charge on any atom is 0.275 e. The number of rotatable bonds is 4. The summed E-state index contributed by atoms with van der Waals surface area (Å²) in [6.45, 7) is 0. The Hall–Kier alpha value is -2.15. The molecule has 0 unspecified atom stereocenters. The fourth-order valence-electron chi connectivity index (χ4n) is 1.51. The van der Waals surface area contributed by atoms with Gasteiger partial charge in [0.2, 0.25) is 0 Å². The zero-order chi connectivity index (χ0) is 14.5. The number of halogens is 1. The van der Waals surface area contributed by atoms with Crippen LogP contribution in [0.15, 0.2) is 35.1 Å². The molecular weight excluding hydrogens is 324 g/mol. The third kappa shape index (κ3) is 3.24. The number of hydrogen-bond acceptors (Lipinski definition) is 5. The summed E-state index contributed by atoms with van der Waals surface area (Å²) in [5.74, 6) is 0.913. The molecule has 0 spiro atoms. The summed E-state index contributed by atoms with van der Waals surface area (Å²) in [6.07, 6.45) is 2.91. The van der Waals surface area contributed by atoms with Gasteiger partial charge >= 0.3 is 0 Å². The normalized spacial score (nSPS) is 9.95. The molecule has 0 radical (unpaired) electrons. The van der Waals surface area contributed by atoms with Gasteiger partial charge in [0.05, 0.1) is 24.0 Å². The largest absolute Gasteiger partial charge is 0.495 e. The van der Waals surface area contributed by atoms with E-state index in [-0.39, 0.29) is 11.6 Å². The van der Waals surface area contributed by atoms with Crippen molar-refractivity contribution in [2.24, 2.45) is 0 Å². The molecule has 0 saturated carbocycles. The molecule has 0 aliphatic heterocycles. The van der Waals surface area contributed by atoms with Crippen molar-refractivity contribution >= 4 is 33.3 Å². The molecule has 0 fully saturated rings. The van der Waals surface area contributed by atoms with Crippen molar-refractivity contribution in [1.82, 2.24) is 9.97 Å². The summed E-state index contributed by atoms with van der Waals surface area (Å²) in [4.78, 5) is 20.1. The van der Waals surface area contributed by atoms with Crippen molar-refractivity contribution in [3.05, 3.63) is 40.8 Å². The molecule has 7 heteroatoms. The first kappa shape index (κ1) is 14.3. The Labute approximate surface area is 124 Å². The minimum atomic E-state index is -0.329. The lowest BCUT2D eigenvalue weighted by atomic mass is 10.3. The lowest BCUT2D eigenvalue weighted by Crippen LogP contribution is -2.14. The Balaban J connectivity index is 2.14. The Bertz CT molecular complexity index is 616. The lowest BCUT2D eigenvalue weighted by molar-refractivity contribution is 0.102. The Kier molecular flexibility index (Phi) is 4.52. The molecule has 2 aromatic rings. The first-order valence-electron chi connectivity index (χ1n) is 5.78. The summed E-state index contributed by atoms with van der Waals surface area (Å²) < 4.78 is 5.98. The van der Waals surface area contributed by atoms with E-state index in [2.05, 4.69) is 36.5 Å². The molecule has 1 aromatic carbocycles. The molecule has 1 aromatic heterocycles. The van der Waals surface area contributed by atoms with Crippen LogP contribution in [0.2, 0.25) is 0 Å². The quantitative estimate of drug-likeness (QED) is 0.897. The number of carbonyl (C=O) groups excluding carboxylic acids is 1. The number of nitrogens with one attached hydrogen (secondary N) is 2. The first-order chi connectivity index (χ1) is 9.63. The number of ether oxygens (including phenoxy) is 1. The molecular formula is C13H13BrN4O2. The van der Waals surface area contributed by atoms with Crippen LogP contribution in [0.5, 0.6) is 5.75 Å². The van der Waals surface area contributed by atoms with Crippen molar-refractivity contribution in [2.75, 3.05) is 24.8 Å². The molecule has 0 bridgehead atoms. The van der Waals surface area contributed by atoms with Gasteiger partial charge in [-0.3, -0.25) is 4.79 Å². The fourth-order valence-corrected chi connectivity index (χ4v) is 1.92. The molecule has 2 N–H and O–H groups in total. The average Bonchev–Trinajstić information content (AvgIpc) is 2.49. The summed E-state index contributed by atoms with van der Waals surface area (Å²) in [5, 5.41) is 5.57. The number of methoxy groups -OCH3 is 1. The van der Waals surface area contributed by atoms with Crippen molar-refractivity contribution in [2.45, 2.75) is 0 Å². The van der Waals surface area contributed by atoms with Gasteiger partial charge in [-0.25, -0.2) is 9.97 Å². The van der Waals surface area contributed by atoms with E-state index in [9.17, 15) is 4.79 Å². The van der Waals surface area contributed by atoms with E-state index in [0.717, 1.165) is 4.47 Å². The summed E-state index contributed by atoms with van der Waals surface area (Å²) in [6, 6.07) is 5.28. The molecule has 2 rings (SSSR count). The maximum absolute atomic E-state index is 12.0. The molecule has 1 heterocycles. The van der Waals surface area contributed by atoms with Crippen LogP contribution in [0.3, 0.4) is 0 Å². The fraction of sp³-hybridized carbons (Fsp3) is 0.154. The van der Waals surface area contributed by atoms with Crippen molar-refractivity contribution < 1.29 is 9.53 Å². The predicted octanol–water partition coefficient (Wildman–Crippen LogP) is 2.54. The highest BCUT2D eigenvalue weighted by molar-refractivity contribution is 9.10. The Morgan fingerprint density at radius 2 is 2.10 bits per heavy atom. The number of nitrogens with zero attached hydrogens (tertiary/aromatic N) is 2. The number of benzene rings is 1. The average molecular weight is 337 g/mol. The molecule has 0 saturated heterocycles. The first-order valence-corrected chi connectivity index (χ1v) is 6.58. The standard InChI is InChI=1S/C13H13BrN4O2/c1-15-12-7-16-10(6-17-12)13(19)18-8-3-4-9(14)11(5-8)20-2/h3-7H,1-2H3,(H,15,17)(H,18,19). The SMILES string of the molecule is CNc1cnc(C(=O)Nc2ccc(Br)c(OC)c2)cn1. The van der Waals surface area contributed by atoms with Gasteiger partial charge in [-0.2, -0.15) is 0 Å². The molecule has 1 amide bonds. The highest BCUT2D eigenvalue weighted by Crippen LogP contribution is 2.27. The Morgan fingerprint density at radius 3 is 2.70 bits per heavy atom. The molecule has 6 nitrogen and oxygen atoms in total. The Morgan fingerprint density at radius 1 is 1.30 bits per heavy atom. The smallest absolute Gasteiger partial charge is 0.275 e. The van der Waals surface area contributed by atoms with Gasteiger partial charge < -0.3 is 15.4 Å². The zero-order valence-corrected chi connectivity index (χ0v) is 12.6. The summed E-state index contributed by atoms with van der Waals surface area (Å²) >= 11 is 3.35. The number of anilines is 2. The third-order valence-corrected chi connectivity index (χ3v) is 3.20. The van der Waals surface area contributed by atoms with E-state index in [0.29, 0.717) is 17.3 Å². The number of carbonyl (C=O) groups is 1. The van der Waals surface area contributed by atoms with Gasteiger partial charge in [-0.15, -0.1) is 0 Å². The van der Waals surface area contributed by atoms with E-state index < -0.39 is 0 Å². The van der Waals surface area contributed by atoms with Crippen molar-refractivity contribution in [1.29, 1.82) is 0 Å². The van der Waals surface area contributed by atoms with Crippen molar-refractivity contribution in [3.8, 4) is 5.75 Å². The summed E-state index contributed by atoms with van der Waals surface area (Å²) in [5.41, 5.74) is 0.862. The zero-order valence-electron chi connectivity index (χ0n) is 11.0. The van der Waals surface area contributed by atoms with Crippen LogP contribution in [-0.2, 0) is 0 Å². The maximum atomic E-state index is 12.0. The summed E-state index contributed by atoms with van der Waals surface area (Å²) in [7, 11) is 3.30. The lowest BCUT2D eigenvalue weighted by Gasteiger charge is -2.08. The van der Waals surface area contributed by atoms with Crippen LogP contribution < -0.4 is 15.4 Å². The van der Waals surface area contributed by atoms with Gasteiger partial charge in [-0.1, -0.05) is 0 Å². The topological polar surface area (TPSA) is 76.1 Å². The van der Waals surface area contributed by atoms with Gasteiger partial charge in [0, 0.05) is 18.8 Å². The van der Waals surface area contributed by atoms with E-state index >= 15 is 0 Å².